The summed E-state index contributed by atoms with van der Waals surface area (Å²) < 4.78 is 5.22. The van der Waals surface area contributed by atoms with Gasteiger partial charge in [-0.05, 0) is 85.6 Å². The molecular weight excluding hydrogens is 434 g/mol. The topological polar surface area (TPSA) is 48.8 Å². The largest absolute Gasteiger partial charge is 0.497 e. The molecule has 3 atom stereocenters. The highest BCUT2D eigenvalue weighted by molar-refractivity contribution is 5.45. The normalized spacial score (nSPS) is 22.6. The lowest BCUT2D eigenvalue weighted by atomic mass is 9.74. The summed E-state index contributed by atoms with van der Waals surface area (Å²) in [6.07, 6.45) is 6.11. The molecule has 2 aliphatic heterocycles. The summed E-state index contributed by atoms with van der Waals surface area (Å²) in [7, 11) is 1.67. The Morgan fingerprint density at radius 1 is 0.914 bits per heavy atom. The summed E-state index contributed by atoms with van der Waals surface area (Å²) in [4.78, 5) is 9.26. The second kappa shape index (κ2) is 11.0. The van der Waals surface area contributed by atoms with Gasteiger partial charge in [-0.1, -0.05) is 24.0 Å². The molecule has 5 nitrogen and oxygen atoms in total. The number of hydrogen-bond acceptors (Lipinski definition) is 5. The highest BCUT2D eigenvalue weighted by atomic mass is 16.5. The lowest BCUT2D eigenvalue weighted by molar-refractivity contribution is -0.0655. The molecule has 3 heterocycles. The number of ether oxygens (including phenoxy) is 1. The van der Waals surface area contributed by atoms with Crippen molar-refractivity contribution in [3.05, 3.63) is 95.3 Å². The van der Waals surface area contributed by atoms with Crippen molar-refractivity contribution in [2.24, 2.45) is 0 Å². The van der Waals surface area contributed by atoms with Gasteiger partial charge >= 0.3 is 0 Å². The third kappa shape index (κ3) is 5.41. The summed E-state index contributed by atoms with van der Waals surface area (Å²) in [5.41, 5.74) is 4.57. The maximum absolute atomic E-state index is 10.2. The van der Waals surface area contributed by atoms with Gasteiger partial charge < -0.3 is 9.84 Å². The predicted molar refractivity (Wildman–Crippen MR) is 138 cm³/mol. The zero-order valence-electron chi connectivity index (χ0n) is 20.3. The molecule has 0 bridgehead atoms. The number of pyridine rings is 1. The first kappa shape index (κ1) is 23.6. The highest BCUT2D eigenvalue weighted by Crippen LogP contribution is 2.42. The summed E-state index contributed by atoms with van der Waals surface area (Å²) >= 11 is 0. The number of methoxy groups -OCH3 is 1. The predicted octanol–water partition coefficient (Wildman–Crippen LogP) is 3.91. The van der Waals surface area contributed by atoms with E-state index in [4.69, 9.17) is 4.74 Å². The Morgan fingerprint density at radius 3 is 2.23 bits per heavy atom. The van der Waals surface area contributed by atoms with E-state index in [1.165, 1.54) is 24.0 Å². The minimum absolute atomic E-state index is 0.192. The number of aromatic nitrogens is 1. The van der Waals surface area contributed by atoms with Crippen LogP contribution in [0.1, 0.15) is 41.0 Å². The molecule has 35 heavy (non-hydrogen) atoms. The third-order valence-electron chi connectivity index (χ3n) is 7.35. The molecule has 0 amide bonds. The minimum Gasteiger partial charge on any atom is -0.497 e. The van der Waals surface area contributed by atoms with Crippen LogP contribution in [-0.2, 0) is 6.54 Å². The van der Waals surface area contributed by atoms with Crippen LogP contribution in [0.15, 0.2) is 73.1 Å². The van der Waals surface area contributed by atoms with Crippen molar-refractivity contribution >= 4 is 0 Å². The fraction of sp³-hybridized carbons (Fsp3) is 0.367. The minimum atomic E-state index is 0.192. The van der Waals surface area contributed by atoms with Gasteiger partial charge in [0.2, 0.25) is 0 Å². The van der Waals surface area contributed by atoms with Crippen LogP contribution in [0.3, 0.4) is 0 Å². The van der Waals surface area contributed by atoms with Crippen molar-refractivity contribution in [2.45, 2.75) is 37.4 Å². The summed E-state index contributed by atoms with van der Waals surface area (Å²) in [6.45, 7) is 4.35. The number of aliphatic hydroxyl groups excluding tert-OH is 1. The average Bonchev–Trinajstić information content (AvgIpc) is 2.89. The van der Waals surface area contributed by atoms with Crippen molar-refractivity contribution in [3.63, 3.8) is 0 Å². The first-order chi connectivity index (χ1) is 17.2. The average molecular weight is 468 g/mol. The molecule has 0 spiro atoms. The molecule has 0 unspecified atom stereocenters. The molecule has 1 N–H and O–H groups in total. The number of nitrogens with zero attached hydrogens (tertiary/aromatic N) is 3. The lowest BCUT2D eigenvalue weighted by Gasteiger charge is -2.57. The summed E-state index contributed by atoms with van der Waals surface area (Å²) in [5, 5.41) is 10.2. The van der Waals surface area contributed by atoms with Gasteiger partial charge in [-0.3, -0.25) is 14.8 Å². The summed E-state index contributed by atoms with van der Waals surface area (Å²) in [5.74, 6) is 7.67. The first-order valence-electron chi connectivity index (χ1n) is 12.5. The molecule has 5 rings (SSSR count). The van der Waals surface area contributed by atoms with Crippen molar-refractivity contribution in [1.82, 2.24) is 14.8 Å². The van der Waals surface area contributed by atoms with Crippen molar-refractivity contribution in [3.8, 4) is 17.6 Å². The van der Waals surface area contributed by atoms with Crippen LogP contribution in [0.2, 0.25) is 0 Å². The number of rotatable bonds is 5. The van der Waals surface area contributed by atoms with Gasteiger partial charge in [0.1, 0.15) is 5.75 Å². The van der Waals surface area contributed by atoms with Crippen LogP contribution < -0.4 is 4.74 Å². The maximum Gasteiger partial charge on any atom is 0.118 e. The number of aliphatic hydroxyl groups is 1. The van der Waals surface area contributed by atoms with Gasteiger partial charge in [-0.2, -0.15) is 0 Å². The second-order valence-electron chi connectivity index (χ2n) is 9.48. The van der Waals surface area contributed by atoms with E-state index in [-0.39, 0.29) is 12.6 Å². The van der Waals surface area contributed by atoms with Gasteiger partial charge in [0, 0.05) is 54.6 Å². The number of hydrogen-bond donors (Lipinski definition) is 1. The zero-order chi connectivity index (χ0) is 24.0. The van der Waals surface area contributed by atoms with E-state index >= 15 is 0 Å². The lowest BCUT2D eigenvalue weighted by Crippen LogP contribution is -2.67. The van der Waals surface area contributed by atoms with Gasteiger partial charge in [0.25, 0.3) is 0 Å². The smallest absolute Gasteiger partial charge is 0.118 e. The molecule has 2 saturated heterocycles. The molecule has 2 aliphatic rings. The van der Waals surface area contributed by atoms with E-state index in [0.717, 1.165) is 43.1 Å². The van der Waals surface area contributed by atoms with Crippen molar-refractivity contribution in [1.29, 1.82) is 0 Å². The monoisotopic (exact) mass is 467 g/mol. The Bertz CT molecular complexity index is 1150. The Labute approximate surface area is 208 Å². The zero-order valence-corrected chi connectivity index (χ0v) is 20.3. The maximum atomic E-state index is 10.2. The van der Waals surface area contributed by atoms with Crippen LogP contribution in [0.4, 0.5) is 0 Å². The molecule has 3 aromatic rings. The van der Waals surface area contributed by atoms with E-state index in [1.54, 1.807) is 7.11 Å². The number of benzene rings is 2. The van der Waals surface area contributed by atoms with Gasteiger partial charge in [0.05, 0.1) is 13.7 Å². The van der Waals surface area contributed by atoms with E-state index in [9.17, 15) is 5.11 Å². The first-order valence-corrected chi connectivity index (χ1v) is 12.5. The Balaban J connectivity index is 1.30. The van der Waals surface area contributed by atoms with Crippen LogP contribution in [0.5, 0.6) is 5.75 Å². The Morgan fingerprint density at radius 2 is 1.57 bits per heavy atom. The van der Waals surface area contributed by atoms with Crippen molar-refractivity contribution in [2.75, 3.05) is 33.4 Å². The Kier molecular flexibility index (Phi) is 7.44. The van der Waals surface area contributed by atoms with E-state index in [0.29, 0.717) is 12.0 Å². The fourth-order valence-electron chi connectivity index (χ4n) is 5.51. The fourth-order valence-corrected chi connectivity index (χ4v) is 5.51. The standard InChI is InChI=1S/C30H33N3O2/c1-35-27-12-8-24(9-13-27)5-4-23-6-10-26(11-7-23)30-28-21-32(20-25-14-16-31-17-15-25)18-2-3-19-33(28)29(30)22-34/h6-17,28-30,34H,2-3,18-22H2,1H3/t28-,29+,30-/m0/s1. The van der Waals surface area contributed by atoms with E-state index in [2.05, 4.69) is 63.0 Å². The quantitative estimate of drug-likeness (QED) is 0.577. The molecule has 2 aromatic carbocycles. The molecule has 0 saturated carbocycles. The Hall–Kier alpha value is -3.17. The molecule has 5 heteroatoms. The molecule has 0 radical (unpaired) electrons. The van der Waals surface area contributed by atoms with Crippen LogP contribution in [0.25, 0.3) is 0 Å². The molecule has 180 valence electrons. The van der Waals surface area contributed by atoms with E-state index < -0.39 is 0 Å². The third-order valence-corrected chi connectivity index (χ3v) is 7.35. The SMILES string of the molecule is COc1ccc(C#Cc2ccc([C@@H]3[C@@H](CO)N4CCCCN(Cc5ccncc5)C[C@@H]34)cc2)cc1. The van der Waals surface area contributed by atoms with Crippen LogP contribution >= 0.6 is 0 Å². The van der Waals surface area contributed by atoms with Crippen LogP contribution in [-0.4, -0.2) is 65.3 Å². The molecular formula is C30H33N3O2. The molecule has 2 fully saturated rings. The second-order valence-corrected chi connectivity index (χ2v) is 9.48. The van der Waals surface area contributed by atoms with Gasteiger partial charge in [0.15, 0.2) is 0 Å². The molecule has 1 aromatic heterocycles. The molecule has 0 aliphatic carbocycles. The van der Waals surface area contributed by atoms with Gasteiger partial charge in [-0.15, -0.1) is 0 Å². The number of fused-ring (bicyclic) bond motifs is 1. The highest BCUT2D eigenvalue weighted by Gasteiger charge is 2.48. The van der Waals surface area contributed by atoms with Crippen LogP contribution in [0, 0.1) is 11.8 Å². The van der Waals surface area contributed by atoms with Gasteiger partial charge in [-0.25, -0.2) is 0 Å². The van der Waals surface area contributed by atoms with Crippen molar-refractivity contribution < 1.29 is 9.84 Å². The summed E-state index contributed by atoms with van der Waals surface area (Å²) in [6, 6.07) is 21.3. The van der Waals surface area contributed by atoms with E-state index in [1.807, 2.05) is 36.7 Å².